The van der Waals surface area contributed by atoms with E-state index in [-0.39, 0.29) is 24.0 Å². The normalized spacial score (nSPS) is 12.1. The van der Waals surface area contributed by atoms with Crippen LogP contribution in [0.5, 0.6) is 0 Å². The van der Waals surface area contributed by atoms with E-state index < -0.39 is 7.26 Å². The predicted octanol–water partition coefficient (Wildman–Crippen LogP) is 14.4. The maximum Gasteiger partial charge on any atom is -0.107 e. The predicted molar refractivity (Wildman–Crippen MR) is 195 cm³/mol. The topological polar surface area (TPSA) is 0 Å². The van der Waals surface area contributed by atoms with Crippen LogP contribution in [0.15, 0.2) is 0 Å². The van der Waals surface area contributed by atoms with Crippen LogP contribution in [0.1, 0.15) is 207 Å². The van der Waals surface area contributed by atoms with Gasteiger partial charge in [0.05, 0.1) is 0 Å². The van der Waals surface area contributed by atoms with E-state index in [1.165, 1.54) is 154 Å². The zero-order chi connectivity index (χ0) is 27.1. The van der Waals surface area contributed by atoms with E-state index in [0.717, 1.165) is 0 Å². The van der Waals surface area contributed by atoms with Gasteiger partial charge in [0, 0.05) is 0 Å². The molecule has 0 rings (SSSR count). The van der Waals surface area contributed by atoms with Gasteiger partial charge in [-0.15, -0.1) is 24.0 Å². The van der Waals surface area contributed by atoms with Crippen LogP contribution in [0.2, 0.25) is 0 Å². The van der Waals surface area contributed by atoms with Gasteiger partial charge < -0.3 is 0 Å². The van der Waals surface area contributed by atoms with Gasteiger partial charge in [0.2, 0.25) is 0 Å². The first kappa shape index (κ1) is 41.3. The summed E-state index contributed by atoms with van der Waals surface area (Å²) in [5.74, 6) is 0. The van der Waals surface area contributed by atoms with Crippen LogP contribution in [0, 0.1) is 0 Å². The van der Waals surface area contributed by atoms with E-state index in [0.29, 0.717) is 0 Å². The summed E-state index contributed by atoms with van der Waals surface area (Å²) in [4.78, 5) is 0. The molecule has 0 bridgehead atoms. The molecule has 234 valence electrons. The molecule has 0 radical (unpaired) electrons. The zero-order valence-corrected chi connectivity index (χ0v) is 30.9. The van der Waals surface area contributed by atoms with E-state index >= 15 is 0 Å². The molecule has 0 heterocycles. The molecule has 0 saturated heterocycles. The van der Waals surface area contributed by atoms with Gasteiger partial charge in [-0.25, -0.2) is 0 Å². The number of rotatable bonds is 32. The first-order valence-corrected chi connectivity index (χ1v) is 21.1. The summed E-state index contributed by atoms with van der Waals surface area (Å²) in [6.45, 7) is 9.39. The molecule has 0 aromatic carbocycles. The Morgan fingerprint density at radius 2 is 0.395 bits per heavy atom. The van der Waals surface area contributed by atoms with Crippen molar-refractivity contribution in [3.63, 3.8) is 0 Å². The third kappa shape index (κ3) is 28.7. The Morgan fingerprint density at radius 1 is 0.237 bits per heavy atom. The number of unbranched alkanes of at least 4 members (excludes halogenated alkanes) is 24. The fourth-order valence-electron chi connectivity index (χ4n) is 6.58. The second kappa shape index (κ2) is 34.4. The first-order valence-electron chi connectivity index (χ1n) is 18.2. The summed E-state index contributed by atoms with van der Waals surface area (Å²) in [5.41, 5.74) is 0. The Labute approximate surface area is 262 Å². The Kier molecular flexibility index (Phi) is 37.3. The quantitative estimate of drug-likeness (QED) is 0.0380. The Balaban J connectivity index is 0. The van der Waals surface area contributed by atoms with Crippen LogP contribution in [0.25, 0.3) is 0 Å². The molecule has 0 atom stereocenters. The first-order chi connectivity index (χ1) is 18.2. The number of hydrogen-bond donors (Lipinski definition) is 0. The van der Waals surface area contributed by atoms with Gasteiger partial charge in [-0.3, -0.25) is 0 Å². The number of hydrogen-bond acceptors (Lipinski definition) is 0. The second-order valence-electron chi connectivity index (χ2n) is 13.0. The van der Waals surface area contributed by atoms with Gasteiger partial charge in [0.15, 0.2) is 0 Å². The van der Waals surface area contributed by atoms with Crippen molar-refractivity contribution < 1.29 is 0 Å². The van der Waals surface area contributed by atoms with Gasteiger partial charge in [-0.2, -0.15) is 0 Å². The number of halogens is 1. The minimum atomic E-state index is -1.09. The molecule has 2 heteroatoms. The van der Waals surface area contributed by atoms with Crippen molar-refractivity contribution in [3.05, 3.63) is 0 Å². The van der Waals surface area contributed by atoms with Crippen molar-refractivity contribution in [2.75, 3.05) is 24.6 Å². The zero-order valence-electron chi connectivity index (χ0n) is 27.5. The minimum Gasteiger partial charge on any atom is -0.107 e. The average Bonchev–Trinajstić information content (AvgIpc) is 2.91. The van der Waals surface area contributed by atoms with Crippen LogP contribution < -0.4 is 0 Å². The van der Waals surface area contributed by atoms with Crippen molar-refractivity contribution in [3.8, 4) is 0 Å². The molecule has 0 aliphatic rings. The molecular weight excluding hydrogens is 590 g/mol. The molecule has 0 saturated carbocycles. The minimum absolute atomic E-state index is 0. The average molecular weight is 669 g/mol. The molecular formula is C36H78IP. The summed E-state index contributed by atoms with van der Waals surface area (Å²) >= 11 is 0. The van der Waals surface area contributed by atoms with E-state index in [1.807, 2.05) is 0 Å². The van der Waals surface area contributed by atoms with Gasteiger partial charge in [-0.05, 0) is 0 Å². The summed E-state index contributed by atoms with van der Waals surface area (Å²) in [6.07, 6.45) is 48.4. The summed E-state index contributed by atoms with van der Waals surface area (Å²) in [5, 5.41) is 0. The van der Waals surface area contributed by atoms with E-state index in [2.05, 4.69) is 27.7 Å². The van der Waals surface area contributed by atoms with Gasteiger partial charge >= 0.3 is 239 Å². The van der Waals surface area contributed by atoms with Gasteiger partial charge in [-0.1, -0.05) is 0 Å². The Hall–Kier alpha value is 1.16. The molecule has 0 N–H and O–H groups in total. The van der Waals surface area contributed by atoms with Gasteiger partial charge in [0.1, 0.15) is 0 Å². The maximum atomic E-state index is 2.35. The van der Waals surface area contributed by atoms with Crippen molar-refractivity contribution in [2.24, 2.45) is 0 Å². The molecule has 0 aliphatic heterocycles. The summed E-state index contributed by atoms with van der Waals surface area (Å²) in [7, 11) is -1.09. The fourth-order valence-corrected chi connectivity index (χ4v) is 12.1. The van der Waals surface area contributed by atoms with E-state index in [4.69, 9.17) is 0 Å². The maximum absolute atomic E-state index is 2.35. The molecule has 0 unspecified atom stereocenters. The third-order valence-electron chi connectivity index (χ3n) is 9.24. The van der Waals surface area contributed by atoms with Crippen molar-refractivity contribution >= 4 is 31.2 Å². The molecule has 0 aromatic heterocycles. The summed E-state index contributed by atoms with van der Waals surface area (Å²) in [6, 6.07) is 0. The molecule has 0 spiro atoms. The molecule has 0 nitrogen and oxygen atoms in total. The van der Waals surface area contributed by atoms with Crippen molar-refractivity contribution in [1.82, 2.24) is 0 Å². The van der Waals surface area contributed by atoms with E-state index in [1.54, 1.807) is 50.3 Å². The Morgan fingerprint density at radius 3 is 0.579 bits per heavy atom. The van der Waals surface area contributed by atoms with E-state index in [9.17, 15) is 0 Å². The standard InChI is InChI=1S/C36H77P.HI/c1-5-9-13-17-21-22-23-24-28-32-36-37(33-29-25-18-14-10-6-2,34-30-26-19-15-11-7-3)35-31-27-20-16-12-8-4;/h37H,5-36H2,1-4H3;1H. The van der Waals surface area contributed by atoms with Crippen LogP contribution in [-0.4, -0.2) is 24.6 Å². The van der Waals surface area contributed by atoms with Crippen LogP contribution in [0.3, 0.4) is 0 Å². The molecule has 0 fully saturated rings. The Bertz CT molecular complexity index is 369. The van der Waals surface area contributed by atoms with Crippen LogP contribution >= 0.6 is 31.2 Å². The molecule has 0 aromatic rings. The SMILES string of the molecule is CCCCCCCCCCCC[PH](CCCCCCCC)(CCCCCCCC)CCCCCCCC.I. The fraction of sp³-hybridized carbons (Fsp3) is 1.00. The molecule has 0 aliphatic carbocycles. The summed E-state index contributed by atoms with van der Waals surface area (Å²) < 4.78 is 0. The van der Waals surface area contributed by atoms with Crippen LogP contribution in [0.4, 0.5) is 0 Å². The molecule has 38 heavy (non-hydrogen) atoms. The molecule has 0 amide bonds. The van der Waals surface area contributed by atoms with Gasteiger partial charge in [0.25, 0.3) is 0 Å². The van der Waals surface area contributed by atoms with Crippen molar-refractivity contribution in [2.45, 2.75) is 207 Å². The largest absolute Gasteiger partial charge is 0.107 e. The van der Waals surface area contributed by atoms with Crippen LogP contribution in [-0.2, 0) is 0 Å². The monoisotopic (exact) mass is 668 g/mol. The third-order valence-corrected chi connectivity index (χ3v) is 14.9. The van der Waals surface area contributed by atoms with Crippen molar-refractivity contribution in [1.29, 1.82) is 0 Å². The smallest absolute Gasteiger partial charge is 0.107 e. The second-order valence-corrected chi connectivity index (χ2v) is 18.0.